The van der Waals surface area contributed by atoms with Crippen LogP contribution in [0.1, 0.15) is 49.7 Å². The molecule has 0 bridgehead atoms. The third kappa shape index (κ3) is 6.69. The van der Waals surface area contributed by atoms with Gasteiger partial charge in [0.1, 0.15) is 5.69 Å². The molecule has 194 valence electrons. The van der Waals surface area contributed by atoms with Crippen molar-refractivity contribution in [1.82, 2.24) is 9.78 Å². The van der Waals surface area contributed by atoms with Gasteiger partial charge in [-0.2, -0.15) is 18.3 Å². The molecule has 1 heterocycles. The summed E-state index contributed by atoms with van der Waals surface area (Å²) in [6.45, 7) is 11.4. The van der Waals surface area contributed by atoms with Crippen molar-refractivity contribution in [3.63, 3.8) is 0 Å². The lowest BCUT2D eigenvalue weighted by atomic mass is 10.1. The minimum Gasteiger partial charge on any atom is -0.417 e. The van der Waals surface area contributed by atoms with Crippen molar-refractivity contribution in [3.8, 4) is 16.9 Å². The van der Waals surface area contributed by atoms with E-state index in [0.717, 1.165) is 22.6 Å². The number of thioether (sulfide) groups is 1. The fourth-order valence-electron chi connectivity index (χ4n) is 3.38. The molecule has 0 aliphatic rings. The molecular formula is C27H33F3N2O2SSi. The van der Waals surface area contributed by atoms with Gasteiger partial charge in [0.05, 0.1) is 16.9 Å². The zero-order valence-electron chi connectivity index (χ0n) is 21.6. The Balaban J connectivity index is 1.85. The van der Waals surface area contributed by atoms with E-state index in [4.69, 9.17) is 4.43 Å². The largest absolute Gasteiger partial charge is 0.417 e. The van der Waals surface area contributed by atoms with Crippen LogP contribution < -0.4 is 0 Å². The highest BCUT2D eigenvalue weighted by atomic mass is 32.2. The lowest BCUT2D eigenvalue weighted by Crippen LogP contribution is -2.41. The second-order valence-corrected chi connectivity index (χ2v) is 15.9. The second-order valence-electron chi connectivity index (χ2n) is 10.2. The van der Waals surface area contributed by atoms with E-state index in [1.165, 1.54) is 16.8 Å². The minimum absolute atomic E-state index is 0.0954. The zero-order valence-corrected chi connectivity index (χ0v) is 23.4. The van der Waals surface area contributed by atoms with E-state index >= 15 is 0 Å². The number of alkyl halides is 3. The maximum atomic E-state index is 13.1. The first-order chi connectivity index (χ1) is 16.7. The van der Waals surface area contributed by atoms with Crippen LogP contribution in [-0.4, -0.2) is 36.7 Å². The number of halogens is 3. The number of aromatic nitrogens is 2. The Kier molecular flexibility index (Phi) is 8.58. The van der Waals surface area contributed by atoms with Crippen molar-refractivity contribution in [2.75, 3.05) is 12.9 Å². The molecule has 36 heavy (non-hydrogen) atoms. The Labute approximate surface area is 216 Å². The first kappa shape index (κ1) is 28.2. The van der Waals surface area contributed by atoms with E-state index in [9.17, 15) is 18.0 Å². The monoisotopic (exact) mass is 534 g/mol. The van der Waals surface area contributed by atoms with Crippen molar-refractivity contribution < 1.29 is 22.4 Å². The van der Waals surface area contributed by atoms with Crippen LogP contribution in [0, 0.1) is 0 Å². The van der Waals surface area contributed by atoms with Crippen molar-refractivity contribution >= 4 is 25.9 Å². The van der Waals surface area contributed by atoms with Crippen molar-refractivity contribution in [2.24, 2.45) is 0 Å². The van der Waals surface area contributed by atoms with E-state index in [1.54, 1.807) is 17.8 Å². The first-order valence-electron chi connectivity index (χ1n) is 11.8. The van der Waals surface area contributed by atoms with Gasteiger partial charge in [0.25, 0.3) is 0 Å². The van der Waals surface area contributed by atoms with Crippen LogP contribution in [0.2, 0.25) is 18.1 Å². The molecule has 0 saturated carbocycles. The number of benzene rings is 2. The lowest BCUT2D eigenvalue weighted by molar-refractivity contribution is -0.137. The molecule has 0 spiro atoms. The number of Topliss-reactive ketones (excluding diaryl/α,β-unsaturated/α-hetero) is 1. The summed E-state index contributed by atoms with van der Waals surface area (Å²) in [5.41, 5.74) is 1.46. The molecule has 3 rings (SSSR count). The quantitative estimate of drug-likeness (QED) is 0.120. The Morgan fingerprint density at radius 3 is 2.17 bits per heavy atom. The number of nitrogens with zero attached hydrogens (tertiary/aromatic N) is 2. The van der Waals surface area contributed by atoms with E-state index in [-0.39, 0.29) is 22.9 Å². The summed E-state index contributed by atoms with van der Waals surface area (Å²) in [7, 11) is -1.89. The maximum absolute atomic E-state index is 13.1. The van der Waals surface area contributed by atoms with Crippen LogP contribution >= 0.6 is 11.8 Å². The van der Waals surface area contributed by atoms with Gasteiger partial charge in [-0.3, -0.25) is 4.79 Å². The number of carbonyl (C=O) groups is 1. The van der Waals surface area contributed by atoms with E-state index < -0.39 is 20.1 Å². The van der Waals surface area contributed by atoms with Crippen molar-refractivity contribution in [3.05, 3.63) is 65.9 Å². The highest BCUT2D eigenvalue weighted by molar-refractivity contribution is 7.98. The molecule has 3 aromatic rings. The number of rotatable bonds is 9. The van der Waals surface area contributed by atoms with Crippen LogP contribution in [0.4, 0.5) is 13.2 Å². The summed E-state index contributed by atoms with van der Waals surface area (Å²) in [5.74, 6) is -0.124. The van der Waals surface area contributed by atoms with Gasteiger partial charge in [0, 0.05) is 23.5 Å². The summed E-state index contributed by atoms with van der Waals surface area (Å²) >= 11 is 1.61. The van der Waals surface area contributed by atoms with Crippen LogP contribution in [0.15, 0.2) is 59.5 Å². The lowest BCUT2D eigenvalue weighted by Gasteiger charge is -2.36. The Morgan fingerprint density at radius 2 is 1.64 bits per heavy atom. The molecule has 0 saturated heterocycles. The number of hydrogen-bond donors (Lipinski definition) is 0. The van der Waals surface area contributed by atoms with Gasteiger partial charge in [-0.15, -0.1) is 11.8 Å². The van der Waals surface area contributed by atoms with E-state index in [0.29, 0.717) is 24.4 Å². The molecule has 0 N–H and O–H groups in total. The molecule has 0 aliphatic carbocycles. The molecule has 0 atom stereocenters. The average Bonchev–Trinajstić information content (AvgIpc) is 3.26. The zero-order chi connectivity index (χ0) is 26.7. The van der Waals surface area contributed by atoms with Crippen molar-refractivity contribution in [2.45, 2.75) is 62.8 Å². The van der Waals surface area contributed by atoms with Gasteiger partial charge >= 0.3 is 6.18 Å². The van der Waals surface area contributed by atoms with Crippen LogP contribution in [0.5, 0.6) is 0 Å². The van der Waals surface area contributed by atoms with E-state index in [2.05, 4.69) is 39.0 Å². The maximum Gasteiger partial charge on any atom is 0.416 e. The fraction of sp³-hybridized carbons (Fsp3) is 0.407. The molecule has 1 aromatic heterocycles. The number of hydrogen-bond acceptors (Lipinski definition) is 4. The summed E-state index contributed by atoms with van der Waals surface area (Å²) in [4.78, 5) is 14.1. The Hall–Kier alpha value is -2.36. The number of carbonyl (C=O) groups excluding carboxylic acids is 1. The number of ketones is 1. The minimum atomic E-state index is -4.42. The van der Waals surface area contributed by atoms with Gasteiger partial charge < -0.3 is 4.43 Å². The summed E-state index contributed by atoms with van der Waals surface area (Å²) < 4.78 is 46.9. The van der Waals surface area contributed by atoms with Gasteiger partial charge in [-0.1, -0.05) is 32.9 Å². The summed E-state index contributed by atoms with van der Waals surface area (Å²) in [5, 5.41) is 4.60. The summed E-state index contributed by atoms with van der Waals surface area (Å²) in [6.07, 6.45) is -1.58. The second kappa shape index (κ2) is 10.9. The Morgan fingerprint density at radius 1 is 1.03 bits per heavy atom. The van der Waals surface area contributed by atoms with Crippen LogP contribution in [0.25, 0.3) is 16.9 Å². The molecule has 0 fully saturated rings. The first-order valence-corrected chi connectivity index (χ1v) is 16.0. The van der Waals surface area contributed by atoms with Gasteiger partial charge in [-0.05, 0) is 73.3 Å². The molecule has 4 nitrogen and oxygen atoms in total. The highest BCUT2D eigenvalue weighted by Crippen LogP contribution is 2.36. The van der Waals surface area contributed by atoms with Gasteiger partial charge in [0.2, 0.25) is 0 Å². The fourth-order valence-corrected chi connectivity index (χ4v) is 4.87. The molecule has 9 heteroatoms. The van der Waals surface area contributed by atoms with Crippen LogP contribution in [-0.2, 0) is 10.6 Å². The normalized spacial score (nSPS) is 12.7. The SMILES string of the molecule is CSc1ccc(-c2cc(C(=O)CCCO[Si](C)(C)C(C)(C)C)nn2-c2ccc(C(F)(F)F)cc2)cc1. The smallest absolute Gasteiger partial charge is 0.416 e. The van der Waals surface area contributed by atoms with Gasteiger partial charge in [-0.25, -0.2) is 4.68 Å². The van der Waals surface area contributed by atoms with Crippen LogP contribution in [0.3, 0.4) is 0 Å². The topological polar surface area (TPSA) is 44.1 Å². The molecule has 0 unspecified atom stereocenters. The molecule has 0 aliphatic heterocycles. The van der Waals surface area contributed by atoms with Crippen molar-refractivity contribution in [1.29, 1.82) is 0 Å². The predicted octanol–water partition coefficient (Wildman–Crippen LogP) is 8.26. The molecule has 0 amide bonds. The van der Waals surface area contributed by atoms with Gasteiger partial charge in [0.15, 0.2) is 14.1 Å². The molecule has 2 aromatic carbocycles. The summed E-state index contributed by atoms with van der Waals surface area (Å²) in [6, 6.07) is 14.3. The highest BCUT2D eigenvalue weighted by Gasteiger charge is 2.37. The third-order valence-electron chi connectivity index (χ3n) is 6.64. The molecular weight excluding hydrogens is 501 g/mol. The third-order valence-corrected chi connectivity index (χ3v) is 11.9. The average molecular weight is 535 g/mol. The van der Waals surface area contributed by atoms with E-state index in [1.807, 2.05) is 30.5 Å². The Bertz CT molecular complexity index is 1180. The molecule has 0 radical (unpaired) electrons. The predicted molar refractivity (Wildman–Crippen MR) is 142 cm³/mol. The standard InChI is InChI=1S/C27H33F3N2O2SSi/c1-26(2,3)36(5,6)34-17-7-8-25(33)23-18-24(19-9-15-22(35-4)16-10-19)32(31-23)21-13-11-20(12-14-21)27(28,29)30/h9-16,18H,7-8,17H2,1-6H3.